The largest absolute Gasteiger partial charge is 0.493 e. The number of hydrogen-bond donors (Lipinski definition) is 1. The summed E-state index contributed by atoms with van der Waals surface area (Å²) in [4.78, 5) is 11.0. The van der Waals surface area contributed by atoms with E-state index in [9.17, 15) is 8.42 Å². The fourth-order valence-electron chi connectivity index (χ4n) is 3.00. The van der Waals surface area contributed by atoms with Gasteiger partial charge in [0.15, 0.2) is 11.5 Å². The van der Waals surface area contributed by atoms with Gasteiger partial charge in [-0.1, -0.05) is 0 Å². The lowest BCUT2D eigenvalue weighted by Gasteiger charge is -2.27. The summed E-state index contributed by atoms with van der Waals surface area (Å²) in [6, 6.07) is 6.30. The molecule has 0 bridgehead atoms. The molecular formula is C18H24N4O4S. The average Bonchev–Trinajstić information content (AvgIpc) is 2.72. The number of piperidine rings is 1. The van der Waals surface area contributed by atoms with Crippen molar-refractivity contribution in [2.45, 2.75) is 30.7 Å². The van der Waals surface area contributed by atoms with Crippen LogP contribution in [0.25, 0.3) is 0 Å². The Balaban J connectivity index is 1.72. The van der Waals surface area contributed by atoms with Gasteiger partial charge in [-0.05, 0) is 37.5 Å². The van der Waals surface area contributed by atoms with Gasteiger partial charge >= 0.3 is 0 Å². The predicted octanol–water partition coefficient (Wildman–Crippen LogP) is 1.96. The van der Waals surface area contributed by atoms with E-state index in [4.69, 9.17) is 9.47 Å². The van der Waals surface area contributed by atoms with Gasteiger partial charge in [-0.3, -0.25) is 0 Å². The topological polar surface area (TPSA) is 93.7 Å². The number of methoxy groups -OCH3 is 2. The molecule has 1 aromatic carbocycles. The molecule has 146 valence electrons. The van der Waals surface area contributed by atoms with Crippen molar-refractivity contribution >= 4 is 15.8 Å². The molecule has 1 aromatic heterocycles. The molecule has 1 aliphatic heterocycles. The number of nitrogens with one attached hydrogen (secondary N) is 1. The Labute approximate surface area is 159 Å². The second-order valence-corrected chi connectivity index (χ2v) is 7.99. The molecule has 2 heterocycles. The monoisotopic (exact) mass is 392 g/mol. The Hall–Kier alpha value is -2.39. The van der Waals surface area contributed by atoms with Crippen LogP contribution in [0.15, 0.2) is 35.4 Å². The van der Waals surface area contributed by atoms with Crippen molar-refractivity contribution in [1.82, 2.24) is 14.7 Å². The lowest BCUT2D eigenvalue weighted by Crippen LogP contribution is -2.31. The number of aromatic nitrogens is 2. The number of nitrogens with zero attached hydrogens (tertiary/aromatic N) is 3. The van der Waals surface area contributed by atoms with Crippen LogP contribution < -0.4 is 19.1 Å². The second kappa shape index (κ2) is 8.53. The summed E-state index contributed by atoms with van der Waals surface area (Å²) in [5.74, 6) is 2.09. The van der Waals surface area contributed by atoms with E-state index in [1.807, 2.05) is 6.07 Å². The molecule has 1 fully saturated rings. The highest BCUT2D eigenvalue weighted by Gasteiger charge is 2.18. The van der Waals surface area contributed by atoms with E-state index < -0.39 is 10.0 Å². The lowest BCUT2D eigenvalue weighted by molar-refractivity contribution is 0.354. The molecule has 0 atom stereocenters. The molecule has 1 saturated heterocycles. The molecule has 0 spiro atoms. The highest BCUT2D eigenvalue weighted by Crippen LogP contribution is 2.29. The third kappa shape index (κ3) is 4.67. The maximum absolute atomic E-state index is 12.6. The van der Waals surface area contributed by atoms with Crippen LogP contribution in [0.3, 0.4) is 0 Å². The van der Waals surface area contributed by atoms with E-state index in [2.05, 4.69) is 19.6 Å². The Bertz CT molecular complexity index is 883. The fourth-order valence-corrected chi connectivity index (χ4v) is 3.99. The molecule has 1 N–H and O–H groups in total. The van der Waals surface area contributed by atoms with Crippen molar-refractivity contribution in [2.75, 3.05) is 32.2 Å². The lowest BCUT2D eigenvalue weighted by atomic mass is 10.1. The molecule has 8 nitrogen and oxygen atoms in total. The molecule has 0 unspecified atom stereocenters. The van der Waals surface area contributed by atoms with Crippen molar-refractivity contribution in [3.63, 3.8) is 0 Å². The van der Waals surface area contributed by atoms with Crippen LogP contribution in [0, 0.1) is 0 Å². The van der Waals surface area contributed by atoms with Crippen LogP contribution in [0.4, 0.5) is 5.82 Å². The number of rotatable bonds is 7. The number of anilines is 1. The Kier molecular flexibility index (Phi) is 6.12. The van der Waals surface area contributed by atoms with Crippen molar-refractivity contribution < 1.29 is 17.9 Å². The van der Waals surface area contributed by atoms with Gasteiger partial charge in [0.2, 0.25) is 10.0 Å². The average molecular weight is 392 g/mol. The van der Waals surface area contributed by atoms with Gasteiger partial charge in [-0.2, -0.15) is 0 Å². The molecule has 1 aliphatic rings. The third-order valence-electron chi connectivity index (χ3n) is 4.46. The zero-order valence-corrected chi connectivity index (χ0v) is 16.3. The maximum atomic E-state index is 12.6. The van der Waals surface area contributed by atoms with Crippen LogP contribution in [0.1, 0.15) is 25.1 Å². The molecule has 2 aromatic rings. The van der Waals surface area contributed by atoms with Crippen molar-refractivity contribution in [3.05, 3.63) is 36.3 Å². The van der Waals surface area contributed by atoms with Gasteiger partial charge in [0.1, 0.15) is 11.6 Å². The fraction of sp³-hybridized carbons (Fsp3) is 0.444. The molecule has 0 radical (unpaired) electrons. The van der Waals surface area contributed by atoms with Crippen LogP contribution in [0.5, 0.6) is 11.5 Å². The van der Waals surface area contributed by atoms with Gasteiger partial charge in [0.05, 0.1) is 25.7 Å². The third-order valence-corrected chi connectivity index (χ3v) is 5.86. The normalized spacial score (nSPS) is 14.8. The first-order valence-corrected chi connectivity index (χ1v) is 10.3. The minimum Gasteiger partial charge on any atom is -0.493 e. The van der Waals surface area contributed by atoms with Gasteiger partial charge in [-0.15, -0.1) is 0 Å². The standard InChI is InChI=1S/C18H24N4O4S/c1-25-15-7-6-14(12-16(15)26-2)27(23,24)20-13-17-19-9-8-18(21-17)22-10-4-3-5-11-22/h6-9,12,20H,3-5,10-11,13H2,1-2H3. The van der Waals surface area contributed by atoms with Crippen LogP contribution in [0.2, 0.25) is 0 Å². The second-order valence-electron chi connectivity index (χ2n) is 6.22. The van der Waals surface area contributed by atoms with Crippen molar-refractivity contribution in [2.24, 2.45) is 0 Å². The molecule has 0 saturated carbocycles. The van der Waals surface area contributed by atoms with Gasteiger partial charge in [0, 0.05) is 25.4 Å². The highest BCUT2D eigenvalue weighted by molar-refractivity contribution is 7.89. The van der Waals surface area contributed by atoms with E-state index in [0.29, 0.717) is 17.3 Å². The molecular weight excluding hydrogens is 368 g/mol. The first kappa shape index (κ1) is 19.4. The number of benzene rings is 1. The Morgan fingerprint density at radius 1 is 1.07 bits per heavy atom. The van der Waals surface area contributed by atoms with Gasteiger partial charge in [-0.25, -0.2) is 23.1 Å². The summed E-state index contributed by atoms with van der Waals surface area (Å²) in [7, 11) is -0.776. The predicted molar refractivity (Wildman–Crippen MR) is 102 cm³/mol. The van der Waals surface area contributed by atoms with Gasteiger partial charge < -0.3 is 14.4 Å². The summed E-state index contributed by atoms with van der Waals surface area (Å²) in [6.07, 6.45) is 5.19. The van der Waals surface area contributed by atoms with E-state index >= 15 is 0 Å². The summed E-state index contributed by atoms with van der Waals surface area (Å²) < 4.78 is 38.0. The number of sulfonamides is 1. The van der Waals surface area contributed by atoms with Crippen LogP contribution in [-0.4, -0.2) is 45.7 Å². The van der Waals surface area contributed by atoms with E-state index in [1.54, 1.807) is 12.3 Å². The summed E-state index contributed by atoms with van der Waals surface area (Å²) in [5, 5.41) is 0. The highest BCUT2D eigenvalue weighted by atomic mass is 32.2. The number of hydrogen-bond acceptors (Lipinski definition) is 7. The number of ether oxygens (including phenoxy) is 2. The minimum absolute atomic E-state index is 0.0123. The van der Waals surface area contributed by atoms with Crippen molar-refractivity contribution in [3.8, 4) is 11.5 Å². The maximum Gasteiger partial charge on any atom is 0.241 e. The van der Waals surface area contributed by atoms with E-state index in [0.717, 1.165) is 31.7 Å². The Morgan fingerprint density at radius 3 is 2.52 bits per heavy atom. The van der Waals surface area contributed by atoms with E-state index in [-0.39, 0.29) is 11.4 Å². The Morgan fingerprint density at radius 2 is 1.81 bits per heavy atom. The van der Waals surface area contributed by atoms with Gasteiger partial charge in [0.25, 0.3) is 0 Å². The quantitative estimate of drug-likeness (QED) is 0.770. The summed E-state index contributed by atoms with van der Waals surface area (Å²) >= 11 is 0. The van der Waals surface area contributed by atoms with Crippen LogP contribution in [-0.2, 0) is 16.6 Å². The molecule has 0 aliphatic carbocycles. The first-order chi connectivity index (χ1) is 13.0. The SMILES string of the molecule is COc1ccc(S(=O)(=O)NCc2nccc(N3CCCCC3)n2)cc1OC. The zero-order valence-electron chi connectivity index (χ0n) is 15.5. The molecule has 9 heteroatoms. The smallest absolute Gasteiger partial charge is 0.241 e. The van der Waals surface area contributed by atoms with Crippen molar-refractivity contribution in [1.29, 1.82) is 0 Å². The summed E-state index contributed by atoms with van der Waals surface area (Å²) in [5.41, 5.74) is 0. The minimum atomic E-state index is -3.73. The molecule has 0 amide bonds. The molecule has 27 heavy (non-hydrogen) atoms. The van der Waals surface area contributed by atoms with E-state index in [1.165, 1.54) is 32.8 Å². The zero-order chi connectivity index (χ0) is 19.3. The first-order valence-electron chi connectivity index (χ1n) is 8.82. The van der Waals surface area contributed by atoms with Crippen LogP contribution >= 0.6 is 0 Å². The molecule has 3 rings (SSSR count). The summed E-state index contributed by atoms with van der Waals surface area (Å²) in [6.45, 7) is 1.94.